The molecule has 7 heteroatoms. The molecule has 146 valence electrons. The summed E-state index contributed by atoms with van der Waals surface area (Å²) < 4.78 is 28.3. The first-order chi connectivity index (χ1) is 14.0. The summed E-state index contributed by atoms with van der Waals surface area (Å²) in [5.74, 6) is -1.21. The molecule has 29 heavy (non-hydrogen) atoms. The summed E-state index contributed by atoms with van der Waals surface area (Å²) in [6, 6.07) is 11.3. The minimum absolute atomic E-state index is 0.0660. The molecule has 0 saturated carbocycles. The predicted molar refractivity (Wildman–Crippen MR) is 115 cm³/mol. The van der Waals surface area contributed by atoms with Crippen molar-refractivity contribution in [1.29, 1.82) is 0 Å². The number of aromatic amines is 1. The fourth-order valence-electron chi connectivity index (χ4n) is 3.26. The third kappa shape index (κ3) is 3.40. The molecule has 2 aromatic heterocycles. The maximum Gasteiger partial charge on any atom is 0.135 e. The predicted octanol–water partition coefficient (Wildman–Crippen LogP) is 5.32. The highest BCUT2D eigenvalue weighted by Gasteiger charge is 2.16. The van der Waals surface area contributed by atoms with Gasteiger partial charge in [0.05, 0.1) is 17.0 Å². The minimum Gasteiger partial charge on any atom is -0.405 e. The number of H-pyrrole nitrogens is 1. The minimum atomic E-state index is -0.606. The Morgan fingerprint density at radius 1 is 1.10 bits per heavy atom. The molecule has 0 radical (unpaired) electrons. The number of aromatic nitrogens is 2. The number of thiazole rings is 1. The van der Waals surface area contributed by atoms with Crippen LogP contribution in [0.25, 0.3) is 39.0 Å². The summed E-state index contributed by atoms with van der Waals surface area (Å²) in [7, 11) is 0. The number of hydrogen-bond acceptors (Lipinski definition) is 4. The number of allylic oxidation sites excluding steroid dienone is 2. The monoisotopic (exact) mass is 408 g/mol. The van der Waals surface area contributed by atoms with Crippen LogP contribution in [0, 0.1) is 18.6 Å². The topological polar surface area (TPSA) is 80.7 Å². The number of hydrogen-bond donors (Lipinski definition) is 3. The van der Waals surface area contributed by atoms with Crippen molar-refractivity contribution in [2.24, 2.45) is 11.5 Å². The average molecular weight is 408 g/mol. The molecule has 5 N–H and O–H groups in total. The normalized spacial score (nSPS) is 12.3. The van der Waals surface area contributed by atoms with Gasteiger partial charge in [-0.1, -0.05) is 12.1 Å². The molecule has 0 aliphatic carbocycles. The van der Waals surface area contributed by atoms with Crippen molar-refractivity contribution < 1.29 is 8.78 Å². The van der Waals surface area contributed by atoms with Crippen molar-refractivity contribution in [3.63, 3.8) is 0 Å². The van der Waals surface area contributed by atoms with E-state index in [1.165, 1.54) is 41.9 Å². The third-order valence-corrected chi connectivity index (χ3v) is 5.65. The molecule has 2 aromatic carbocycles. The number of nitrogens with two attached hydrogens (primary N) is 2. The van der Waals surface area contributed by atoms with Crippen LogP contribution in [0.3, 0.4) is 0 Å². The average Bonchev–Trinajstić information content (AvgIpc) is 3.28. The number of nitrogens with zero attached hydrogens (tertiary/aromatic N) is 1. The fourth-order valence-corrected chi connectivity index (χ4v) is 4.20. The summed E-state index contributed by atoms with van der Waals surface area (Å²) in [5, 5.41) is 1.61. The van der Waals surface area contributed by atoms with Gasteiger partial charge >= 0.3 is 0 Å². The summed E-state index contributed by atoms with van der Waals surface area (Å²) in [5.41, 5.74) is 14.7. The van der Waals surface area contributed by atoms with Crippen LogP contribution in [0.5, 0.6) is 0 Å². The van der Waals surface area contributed by atoms with E-state index in [1.807, 2.05) is 25.1 Å². The van der Waals surface area contributed by atoms with Crippen molar-refractivity contribution in [1.82, 2.24) is 9.97 Å². The van der Waals surface area contributed by atoms with Crippen LogP contribution in [-0.4, -0.2) is 9.97 Å². The standard InChI is InChI=1S/C22H18F2N4S/c1-12-21(28-22(29-12)14(11-26)7-8-25)13-5-6-18-15(9-13)10-19(27-18)20-16(23)3-2-4-17(20)24/h2-11,27H,25-26H2,1H3/b8-7-,14-11+. The Labute approximate surface area is 170 Å². The number of halogens is 2. The smallest absolute Gasteiger partial charge is 0.135 e. The quantitative estimate of drug-likeness (QED) is 0.400. The lowest BCUT2D eigenvalue weighted by molar-refractivity contribution is 0.589. The molecule has 0 fully saturated rings. The van der Waals surface area contributed by atoms with Crippen LogP contribution in [0.15, 0.2) is 60.9 Å². The van der Waals surface area contributed by atoms with Crippen molar-refractivity contribution in [3.8, 4) is 22.5 Å². The molecule has 4 rings (SSSR count). The Bertz CT molecular complexity index is 1250. The molecule has 0 saturated heterocycles. The highest BCUT2D eigenvalue weighted by molar-refractivity contribution is 7.13. The number of fused-ring (bicyclic) bond motifs is 1. The van der Waals surface area contributed by atoms with Crippen LogP contribution in [0.1, 0.15) is 9.88 Å². The molecule has 0 bridgehead atoms. The van der Waals surface area contributed by atoms with Gasteiger partial charge in [-0.25, -0.2) is 13.8 Å². The van der Waals surface area contributed by atoms with Crippen molar-refractivity contribution >= 4 is 27.8 Å². The van der Waals surface area contributed by atoms with Crippen LogP contribution in [0.4, 0.5) is 8.78 Å². The zero-order valence-corrected chi connectivity index (χ0v) is 16.4. The van der Waals surface area contributed by atoms with Gasteiger partial charge in [0.2, 0.25) is 0 Å². The second kappa shape index (κ2) is 7.52. The second-order valence-electron chi connectivity index (χ2n) is 6.49. The first-order valence-corrected chi connectivity index (χ1v) is 9.69. The molecule has 2 heterocycles. The Morgan fingerprint density at radius 3 is 2.55 bits per heavy atom. The Kier molecular flexibility index (Phi) is 4.90. The first-order valence-electron chi connectivity index (χ1n) is 8.87. The maximum atomic E-state index is 14.1. The molecule has 0 unspecified atom stereocenters. The number of aryl methyl sites for hydroxylation is 1. The van der Waals surface area contributed by atoms with Crippen molar-refractivity contribution in [2.75, 3.05) is 0 Å². The van der Waals surface area contributed by atoms with E-state index < -0.39 is 11.6 Å². The molecule has 0 atom stereocenters. The molecule has 0 aliphatic rings. The van der Waals surface area contributed by atoms with Gasteiger partial charge in [-0.3, -0.25) is 0 Å². The summed E-state index contributed by atoms with van der Waals surface area (Å²) in [4.78, 5) is 8.82. The van der Waals surface area contributed by atoms with Gasteiger partial charge in [-0.05, 0) is 49.5 Å². The van der Waals surface area contributed by atoms with Crippen LogP contribution < -0.4 is 11.5 Å². The van der Waals surface area contributed by atoms with Crippen molar-refractivity contribution in [2.45, 2.75) is 6.92 Å². The van der Waals surface area contributed by atoms with Crippen LogP contribution in [-0.2, 0) is 0 Å². The Morgan fingerprint density at radius 2 is 1.86 bits per heavy atom. The molecule has 4 nitrogen and oxygen atoms in total. The lowest BCUT2D eigenvalue weighted by Gasteiger charge is -2.01. The molecular weight excluding hydrogens is 390 g/mol. The third-order valence-electron chi connectivity index (χ3n) is 4.63. The van der Waals surface area contributed by atoms with Gasteiger partial charge in [-0.2, -0.15) is 0 Å². The maximum absolute atomic E-state index is 14.1. The summed E-state index contributed by atoms with van der Waals surface area (Å²) >= 11 is 1.52. The van der Waals surface area contributed by atoms with Gasteiger partial charge < -0.3 is 16.5 Å². The molecule has 0 aliphatic heterocycles. The van der Waals surface area contributed by atoms with Crippen LogP contribution in [0.2, 0.25) is 0 Å². The van der Waals surface area contributed by atoms with E-state index >= 15 is 0 Å². The largest absolute Gasteiger partial charge is 0.405 e. The molecule has 4 aromatic rings. The van der Waals surface area contributed by atoms with E-state index in [2.05, 4.69) is 4.98 Å². The van der Waals surface area contributed by atoms with E-state index in [1.54, 1.807) is 12.1 Å². The Balaban J connectivity index is 1.79. The van der Waals surface area contributed by atoms with Gasteiger partial charge in [0.25, 0.3) is 0 Å². The number of nitrogens with one attached hydrogen (secondary N) is 1. The second-order valence-corrected chi connectivity index (χ2v) is 7.69. The lowest BCUT2D eigenvalue weighted by atomic mass is 10.1. The number of benzene rings is 2. The van der Waals surface area contributed by atoms with Gasteiger partial charge in [0, 0.05) is 33.1 Å². The number of rotatable bonds is 4. The fraction of sp³-hybridized carbons (Fsp3) is 0.0455. The first kappa shape index (κ1) is 18.9. The SMILES string of the molecule is Cc1sc(C(/C=C\N)=C/N)nc1-c1ccc2[nH]c(-c3c(F)cccc3F)cc2c1. The highest BCUT2D eigenvalue weighted by atomic mass is 32.1. The molecule has 0 amide bonds. The van der Waals surface area contributed by atoms with Crippen LogP contribution >= 0.6 is 11.3 Å². The summed E-state index contributed by atoms with van der Waals surface area (Å²) in [6.45, 7) is 1.98. The van der Waals surface area contributed by atoms with Gasteiger partial charge in [0.1, 0.15) is 16.6 Å². The van der Waals surface area contributed by atoms with Gasteiger partial charge in [-0.15, -0.1) is 11.3 Å². The molecule has 0 spiro atoms. The van der Waals surface area contributed by atoms with E-state index in [0.29, 0.717) is 5.69 Å². The highest BCUT2D eigenvalue weighted by Crippen LogP contribution is 2.34. The van der Waals surface area contributed by atoms with Crippen molar-refractivity contribution in [3.05, 3.63) is 82.5 Å². The van der Waals surface area contributed by atoms with E-state index in [4.69, 9.17) is 16.5 Å². The van der Waals surface area contributed by atoms with E-state index in [9.17, 15) is 8.78 Å². The summed E-state index contributed by atoms with van der Waals surface area (Å²) in [6.07, 6.45) is 4.59. The van der Waals surface area contributed by atoms with E-state index in [-0.39, 0.29) is 5.56 Å². The van der Waals surface area contributed by atoms with E-state index in [0.717, 1.165) is 37.6 Å². The van der Waals surface area contributed by atoms with Gasteiger partial charge in [0.15, 0.2) is 0 Å². The molecular formula is C22H18F2N4S. The lowest BCUT2D eigenvalue weighted by Crippen LogP contribution is -1.89. The Hall–Kier alpha value is -3.45. The zero-order chi connectivity index (χ0) is 20.5. The zero-order valence-electron chi connectivity index (χ0n) is 15.5.